The Morgan fingerprint density at radius 2 is 2.23 bits per heavy atom. The molecule has 3 N–H and O–H groups in total. The zero-order valence-electron chi connectivity index (χ0n) is 12.8. The van der Waals surface area contributed by atoms with Crippen LogP contribution >= 0.6 is 0 Å². The largest absolute Gasteiger partial charge is 0.378 e. The van der Waals surface area contributed by atoms with Crippen LogP contribution in [0, 0.1) is 0 Å². The molecule has 0 radical (unpaired) electrons. The van der Waals surface area contributed by atoms with Gasteiger partial charge in [0.1, 0.15) is 5.82 Å². The van der Waals surface area contributed by atoms with Crippen molar-refractivity contribution >= 4 is 5.91 Å². The van der Waals surface area contributed by atoms with E-state index in [2.05, 4.69) is 25.5 Å². The molecule has 0 aromatic carbocycles. The average molecular weight is 303 g/mol. The summed E-state index contributed by atoms with van der Waals surface area (Å²) in [6, 6.07) is -0.104. The Morgan fingerprint density at radius 3 is 2.95 bits per heavy atom. The molecule has 7 nitrogen and oxygen atoms in total. The number of aryl methyl sites for hydroxylation is 2. The zero-order valence-corrected chi connectivity index (χ0v) is 12.8. The van der Waals surface area contributed by atoms with Crippen LogP contribution in [0.25, 0.3) is 0 Å². The maximum Gasteiger partial charge on any atom is 0.253 e. The predicted octanol–water partition coefficient (Wildman–Crippen LogP) is 1.17. The van der Waals surface area contributed by atoms with Gasteiger partial charge in [0.15, 0.2) is 5.82 Å². The van der Waals surface area contributed by atoms with E-state index in [1.54, 1.807) is 6.20 Å². The number of carbonyl (C=O) groups excluding carboxylic acids is 1. The third-order valence-electron chi connectivity index (χ3n) is 4.07. The molecule has 0 saturated carbocycles. The molecule has 1 fully saturated rings. The van der Waals surface area contributed by atoms with Crippen molar-refractivity contribution < 1.29 is 9.53 Å². The van der Waals surface area contributed by atoms with Crippen molar-refractivity contribution in [2.45, 2.75) is 38.6 Å². The fraction of sp³-hybridized carbons (Fsp3) is 0.533. The highest BCUT2D eigenvalue weighted by atomic mass is 16.5. The van der Waals surface area contributed by atoms with Crippen molar-refractivity contribution in [1.82, 2.24) is 25.5 Å². The highest BCUT2D eigenvalue weighted by molar-refractivity contribution is 5.95. The number of aromatic nitrogens is 4. The van der Waals surface area contributed by atoms with Crippen LogP contribution in [-0.2, 0) is 17.6 Å². The maximum absolute atomic E-state index is 12.4. The first-order valence-electron chi connectivity index (χ1n) is 7.68. The van der Waals surface area contributed by atoms with Gasteiger partial charge in [-0.05, 0) is 12.0 Å². The van der Waals surface area contributed by atoms with Crippen LogP contribution in [0.15, 0.2) is 12.4 Å². The van der Waals surface area contributed by atoms with Crippen molar-refractivity contribution in [3.63, 3.8) is 0 Å². The minimum absolute atomic E-state index is 0.00971. The van der Waals surface area contributed by atoms with Gasteiger partial charge in [0, 0.05) is 18.8 Å². The molecule has 2 aromatic rings. The van der Waals surface area contributed by atoms with Crippen molar-refractivity contribution in [2.24, 2.45) is 0 Å². The quantitative estimate of drug-likeness (QED) is 0.772. The molecule has 0 spiro atoms. The Labute approximate surface area is 128 Å². The van der Waals surface area contributed by atoms with Crippen LogP contribution in [0.2, 0.25) is 0 Å². The number of nitrogens with zero attached hydrogens (tertiary/aromatic N) is 2. The number of aromatic amines is 2. The minimum Gasteiger partial charge on any atom is -0.378 e. The first kappa shape index (κ1) is 14.8. The van der Waals surface area contributed by atoms with Gasteiger partial charge in [-0.1, -0.05) is 13.8 Å². The second-order valence-electron chi connectivity index (χ2n) is 5.47. The fourth-order valence-electron chi connectivity index (χ4n) is 2.73. The third kappa shape index (κ3) is 2.76. The molecule has 3 heterocycles. The van der Waals surface area contributed by atoms with Gasteiger partial charge in [-0.2, -0.15) is 5.10 Å². The van der Waals surface area contributed by atoms with E-state index in [9.17, 15) is 4.79 Å². The van der Waals surface area contributed by atoms with E-state index < -0.39 is 0 Å². The minimum atomic E-state index is -0.104. The summed E-state index contributed by atoms with van der Waals surface area (Å²) < 4.78 is 5.53. The highest BCUT2D eigenvalue weighted by Crippen LogP contribution is 2.23. The lowest BCUT2D eigenvalue weighted by Crippen LogP contribution is -2.39. The van der Waals surface area contributed by atoms with Gasteiger partial charge in [-0.25, -0.2) is 4.98 Å². The Kier molecular flexibility index (Phi) is 4.24. The molecule has 118 valence electrons. The number of nitrogens with one attached hydrogen (secondary N) is 3. The van der Waals surface area contributed by atoms with Crippen molar-refractivity contribution in [1.29, 1.82) is 0 Å². The molecule has 1 aliphatic rings. The summed E-state index contributed by atoms with van der Waals surface area (Å²) in [7, 11) is 0. The molecule has 1 saturated heterocycles. The molecule has 2 atom stereocenters. The first-order valence-corrected chi connectivity index (χ1v) is 7.68. The Bertz CT molecular complexity index is 648. The molecule has 1 aliphatic heterocycles. The van der Waals surface area contributed by atoms with Gasteiger partial charge < -0.3 is 15.0 Å². The highest BCUT2D eigenvalue weighted by Gasteiger charge is 2.34. The van der Waals surface area contributed by atoms with Crippen molar-refractivity contribution in [3.8, 4) is 0 Å². The maximum atomic E-state index is 12.4. The molecular formula is C15H21N5O2. The second kappa shape index (κ2) is 6.31. The van der Waals surface area contributed by atoms with E-state index in [-0.39, 0.29) is 17.9 Å². The van der Waals surface area contributed by atoms with Crippen molar-refractivity contribution in [3.05, 3.63) is 35.2 Å². The van der Waals surface area contributed by atoms with E-state index in [1.807, 2.05) is 20.0 Å². The van der Waals surface area contributed by atoms with E-state index in [0.717, 1.165) is 24.2 Å². The number of H-pyrrole nitrogens is 2. The lowest BCUT2D eigenvalue weighted by Gasteiger charge is -2.16. The Morgan fingerprint density at radius 1 is 1.36 bits per heavy atom. The number of hydrogen-bond acceptors (Lipinski definition) is 4. The lowest BCUT2D eigenvalue weighted by molar-refractivity contribution is 0.0927. The van der Waals surface area contributed by atoms with Gasteiger partial charge in [0.2, 0.25) is 0 Å². The second-order valence-corrected chi connectivity index (χ2v) is 5.47. The summed E-state index contributed by atoms with van der Waals surface area (Å²) in [6.45, 7) is 5.06. The predicted molar refractivity (Wildman–Crippen MR) is 80.7 cm³/mol. The van der Waals surface area contributed by atoms with Gasteiger partial charge >= 0.3 is 0 Å². The van der Waals surface area contributed by atoms with E-state index in [0.29, 0.717) is 24.6 Å². The molecule has 0 aliphatic carbocycles. The summed E-state index contributed by atoms with van der Waals surface area (Å²) in [6.07, 6.45) is 5.22. The first-order chi connectivity index (χ1) is 10.7. The van der Waals surface area contributed by atoms with Crippen LogP contribution in [0.5, 0.6) is 0 Å². The number of ether oxygens (including phenoxy) is 1. The number of amides is 1. The van der Waals surface area contributed by atoms with E-state index in [1.165, 1.54) is 0 Å². The summed E-state index contributed by atoms with van der Waals surface area (Å²) in [5.74, 6) is 1.48. The van der Waals surface area contributed by atoms with E-state index >= 15 is 0 Å². The van der Waals surface area contributed by atoms with Crippen LogP contribution < -0.4 is 5.32 Å². The number of hydrogen-bond donors (Lipinski definition) is 3. The molecule has 0 unspecified atom stereocenters. The molecule has 3 rings (SSSR count). The lowest BCUT2D eigenvalue weighted by atomic mass is 10.0. The SMILES string of the molecule is CCc1nc([C@H]2COC[C@H]2NC(=O)c2c[nH]cc2CC)n[nH]1. The van der Waals surface area contributed by atoms with Crippen LogP contribution in [0.4, 0.5) is 0 Å². The monoisotopic (exact) mass is 303 g/mol. The Balaban J connectivity index is 1.72. The molecule has 7 heteroatoms. The summed E-state index contributed by atoms with van der Waals surface area (Å²) in [5.41, 5.74) is 1.71. The smallest absolute Gasteiger partial charge is 0.253 e. The molecule has 1 amide bonds. The van der Waals surface area contributed by atoms with Crippen LogP contribution in [-0.4, -0.2) is 45.3 Å². The van der Waals surface area contributed by atoms with Gasteiger partial charge in [0.05, 0.1) is 30.7 Å². The van der Waals surface area contributed by atoms with Crippen LogP contribution in [0.1, 0.15) is 47.3 Å². The van der Waals surface area contributed by atoms with Crippen molar-refractivity contribution in [2.75, 3.05) is 13.2 Å². The van der Waals surface area contributed by atoms with Gasteiger partial charge in [-0.3, -0.25) is 9.89 Å². The van der Waals surface area contributed by atoms with Gasteiger partial charge in [-0.15, -0.1) is 0 Å². The topological polar surface area (TPSA) is 95.7 Å². The summed E-state index contributed by atoms with van der Waals surface area (Å²) in [4.78, 5) is 19.9. The third-order valence-corrected chi connectivity index (χ3v) is 4.07. The van der Waals surface area contributed by atoms with E-state index in [4.69, 9.17) is 4.74 Å². The molecular weight excluding hydrogens is 282 g/mol. The summed E-state index contributed by atoms with van der Waals surface area (Å²) >= 11 is 0. The molecule has 0 bridgehead atoms. The Hall–Kier alpha value is -2.15. The summed E-state index contributed by atoms with van der Waals surface area (Å²) in [5, 5.41) is 10.2. The van der Waals surface area contributed by atoms with Crippen LogP contribution in [0.3, 0.4) is 0 Å². The zero-order chi connectivity index (χ0) is 15.5. The normalized spacial score (nSPS) is 21.2. The standard InChI is InChI=1S/C15H21N5O2/c1-3-9-5-16-6-10(9)15(21)17-12-8-22-7-11(12)14-18-13(4-2)19-20-14/h5-6,11-12,16H,3-4,7-8H2,1-2H3,(H,17,21)(H,18,19,20)/t11-,12+/m0/s1. The fourth-order valence-corrected chi connectivity index (χ4v) is 2.73. The number of carbonyl (C=O) groups is 1. The molecule has 2 aromatic heterocycles. The number of rotatable bonds is 5. The molecule has 22 heavy (non-hydrogen) atoms. The average Bonchev–Trinajstić information content (AvgIpc) is 3.26. The van der Waals surface area contributed by atoms with Gasteiger partial charge in [0.25, 0.3) is 5.91 Å².